The molecule has 2 aromatic rings. The van der Waals surface area contributed by atoms with Crippen molar-refractivity contribution in [1.29, 1.82) is 0 Å². The van der Waals surface area contributed by atoms with E-state index in [2.05, 4.69) is 65.7 Å². The molecule has 0 fully saturated rings. The zero-order chi connectivity index (χ0) is 14.4. The third-order valence-electron chi connectivity index (χ3n) is 3.46. The first-order valence-corrected chi connectivity index (χ1v) is 8.02. The Balaban J connectivity index is 2.06. The summed E-state index contributed by atoms with van der Waals surface area (Å²) in [6.45, 7) is 6.36. The van der Waals surface area contributed by atoms with Crippen LogP contribution in [-0.2, 0) is 6.54 Å². The maximum Gasteiger partial charge on any atom is 0.129 e. The molecule has 1 unspecified atom stereocenters. The van der Waals surface area contributed by atoms with Gasteiger partial charge in [-0.15, -0.1) is 11.3 Å². The molecule has 0 aliphatic rings. The first kappa shape index (κ1) is 15.0. The fourth-order valence-corrected chi connectivity index (χ4v) is 2.92. The minimum atomic E-state index is 0.348. The number of hydrogen-bond acceptors (Lipinski definition) is 4. The summed E-state index contributed by atoms with van der Waals surface area (Å²) in [5.74, 6) is 1.03. The van der Waals surface area contributed by atoms with Crippen LogP contribution in [0.25, 0.3) is 0 Å². The van der Waals surface area contributed by atoms with Gasteiger partial charge >= 0.3 is 0 Å². The predicted octanol–water partition coefficient (Wildman–Crippen LogP) is 3.84. The Morgan fingerprint density at radius 2 is 2.25 bits per heavy atom. The smallest absolute Gasteiger partial charge is 0.129 e. The number of pyridine rings is 1. The summed E-state index contributed by atoms with van der Waals surface area (Å²) < 4.78 is 0. The lowest BCUT2D eigenvalue weighted by molar-refractivity contribution is 0.673. The molecule has 0 aromatic carbocycles. The molecule has 0 bridgehead atoms. The van der Waals surface area contributed by atoms with Crippen molar-refractivity contribution in [2.45, 2.75) is 32.9 Å². The number of anilines is 1. The van der Waals surface area contributed by atoms with Crippen molar-refractivity contribution in [2.75, 3.05) is 18.5 Å². The summed E-state index contributed by atoms with van der Waals surface area (Å²) in [6.07, 6.45) is 3.06. The van der Waals surface area contributed by atoms with E-state index < -0.39 is 0 Å². The van der Waals surface area contributed by atoms with Gasteiger partial charge in [-0.25, -0.2) is 4.98 Å². The van der Waals surface area contributed by atoms with Crippen LogP contribution in [0.5, 0.6) is 0 Å². The molecule has 2 aromatic heterocycles. The third kappa shape index (κ3) is 3.81. The SMILES string of the molecule is CCCNCc1ccnc(N(C)C(C)c2cccs2)c1. The summed E-state index contributed by atoms with van der Waals surface area (Å²) >= 11 is 1.79. The van der Waals surface area contributed by atoms with Crippen molar-refractivity contribution < 1.29 is 0 Å². The molecular weight excluding hydrogens is 266 g/mol. The zero-order valence-electron chi connectivity index (χ0n) is 12.5. The lowest BCUT2D eigenvalue weighted by atomic mass is 10.2. The van der Waals surface area contributed by atoms with Crippen LogP contribution in [0.2, 0.25) is 0 Å². The van der Waals surface area contributed by atoms with Crippen molar-refractivity contribution in [2.24, 2.45) is 0 Å². The lowest BCUT2D eigenvalue weighted by Gasteiger charge is -2.25. The summed E-state index contributed by atoms with van der Waals surface area (Å²) in [5.41, 5.74) is 1.29. The second-order valence-corrected chi connectivity index (χ2v) is 5.98. The van der Waals surface area contributed by atoms with Crippen LogP contribution in [0.1, 0.15) is 36.8 Å². The first-order chi connectivity index (χ1) is 9.72. The van der Waals surface area contributed by atoms with E-state index in [4.69, 9.17) is 0 Å². The van der Waals surface area contributed by atoms with Crippen molar-refractivity contribution in [3.05, 3.63) is 46.3 Å². The van der Waals surface area contributed by atoms with E-state index in [9.17, 15) is 0 Å². The highest BCUT2D eigenvalue weighted by atomic mass is 32.1. The van der Waals surface area contributed by atoms with Gasteiger partial charge in [0, 0.05) is 24.7 Å². The summed E-state index contributed by atoms with van der Waals surface area (Å²) in [6, 6.07) is 8.88. The molecule has 0 spiro atoms. The van der Waals surface area contributed by atoms with E-state index in [1.165, 1.54) is 10.4 Å². The van der Waals surface area contributed by atoms with Crippen molar-refractivity contribution in [3.63, 3.8) is 0 Å². The Labute approximate surface area is 125 Å². The molecule has 0 amide bonds. The van der Waals surface area contributed by atoms with Gasteiger partial charge in [0.15, 0.2) is 0 Å². The van der Waals surface area contributed by atoms with Crippen LogP contribution in [-0.4, -0.2) is 18.6 Å². The summed E-state index contributed by atoms with van der Waals surface area (Å²) in [4.78, 5) is 8.10. The number of rotatable bonds is 7. The average molecular weight is 289 g/mol. The Kier molecular flexibility index (Phi) is 5.56. The molecule has 0 aliphatic carbocycles. The van der Waals surface area contributed by atoms with Gasteiger partial charge < -0.3 is 10.2 Å². The Bertz CT molecular complexity index is 510. The maximum atomic E-state index is 4.50. The van der Waals surface area contributed by atoms with Crippen LogP contribution >= 0.6 is 11.3 Å². The highest BCUT2D eigenvalue weighted by Gasteiger charge is 2.14. The standard InChI is InChI=1S/C16H23N3S/c1-4-8-17-12-14-7-9-18-16(11-14)19(3)13(2)15-6-5-10-20-15/h5-7,9-11,13,17H,4,8,12H2,1-3H3. The fraction of sp³-hybridized carbons (Fsp3) is 0.438. The third-order valence-corrected chi connectivity index (χ3v) is 4.51. The highest BCUT2D eigenvalue weighted by Crippen LogP contribution is 2.27. The van der Waals surface area contributed by atoms with E-state index in [-0.39, 0.29) is 0 Å². The van der Waals surface area contributed by atoms with E-state index in [0.29, 0.717) is 6.04 Å². The molecule has 3 nitrogen and oxygen atoms in total. The minimum Gasteiger partial charge on any atom is -0.352 e. The van der Waals surface area contributed by atoms with E-state index >= 15 is 0 Å². The zero-order valence-corrected chi connectivity index (χ0v) is 13.3. The molecule has 0 saturated carbocycles. The summed E-state index contributed by atoms with van der Waals surface area (Å²) in [5, 5.41) is 5.55. The van der Waals surface area contributed by atoms with Gasteiger partial charge in [0.2, 0.25) is 0 Å². The van der Waals surface area contributed by atoms with Gasteiger partial charge in [-0.05, 0) is 49.0 Å². The molecule has 4 heteroatoms. The quantitative estimate of drug-likeness (QED) is 0.785. The molecule has 20 heavy (non-hydrogen) atoms. The molecule has 1 atom stereocenters. The van der Waals surface area contributed by atoms with Crippen LogP contribution in [0.3, 0.4) is 0 Å². The molecular formula is C16H23N3S. The normalized spacial score (nSPS) is 12.3. The highest BCUT2D eigenvalue weighted by molar-refractivity contribution is 7.10. The van der Waals surface area contributed by atoms with E-state index in [0.717, 1.165) is 25.3 Å². The molecule has 0 radical (unpaired) electrons. The number of hydrogen-bond donors (Lipinski definition) is 1. The van der Waals surface area contributed by atoms with Gasteiger partial charge in [-0.1, -0.05) is 13.0 Å². The van der Waals surface area contributed by atoms with Gasteiger partial charge in [0.05, 0.1) is 6.04 Å². The van der Waals surface area contributed by atoms with E-state index in [1.807, 2.05) is 6.20 Å². The molecule has 0 saturated heterocycles. The second kappa shape index (κ2) is 7.41. The average Bonchev–Trinajstić information content (AvgIpc) is 3.00. The molecule has 2 heterocycles. The summed E-state index contributed by atoms with van der Waals surface area (Å²) in [7, 11) is 2.11. The Morgan fingerprint density at radius 1 is 1.40 bits per heavy atom. The van der Waals surface area contributed by atoms with Gasteiger partial charge in [-0.2, -0.15) is 0 Å². The van der Waals surface area contributed by atoms with Crippen LogP contribution in [0, 0.1) is 0 Å². The van der Waals surface area contributed by atoms with Crippen molar-refractivity contribution in [3.8, 4) is 0 Å². The number of aromatic nitrogens is 1. The molecule has 0 aliphatic heterocycles. The van der Waals surface area contributed by atoms with Crippen molar-refractivity contribution >= 4 is 17.2 Å². The van der Waals surface area contributed by atoms with Gasteiger partial charge in [0.25, 0.3) is 0 Å². The molecule has 1 N–H and O–H groups in total. The Morgan fingerprint density at radius 3 is 2.95 bits per heavy atom. The number of nitrogens with zero attached hydrogens (tertiary/aromatic N) is 2. The molecule has 2 rings (SSSR count). The number of thiophene rings is 1. The van der Waals surface area contributed by atoms with Crippen LogP contribution < -0.4 is 10.2 Å². The first-order valence-electron chi connectivity index (χ1n) is 7.14. The fourth-order valence-electron chi connectivity index (χ4n) is 2.09. The van der Waals surface area contributed by atoms with Crippen molar-refractivity contribution in [1.82, 2.24) is 10.3 Å². The lowest BCUT2D eigenvalue weighted by Crippen LogP contribution is -2.22. The second-order valence-electron chi connectivity index (χ2n) is 5.00. The largest absolute Gasteiger partial charge is 0.352 e. The topological polar surface area (TPSA) is 28.2 Å². The minimum absolute atomic E-state index is 0.348. The predicted molar refractivity (Wildman–Crippen MR) is 87.4 cm³/mol. The maximum absolute atomic E-state index is 4.50. The number of nitrogens with one attached hydrogen (secondary N) is 1. The molecule has 108 valence electrons. The van der Waals surface area contributed by atoms with Gasteiger partial charge in [-0.3, -0.25) is 0 Å². The van der Waals surface area contributed by atoms with Gasteiger partial charge in [0.1, 0.15) is 5.82 Å². The van der Waals surface area contributed by atoms with Crippen LogP contribution in [0.15, 0.2) is 35.8 Å². The monoisotopic (exact) mass is 289 g/mol. The van der Waals surface area contributed by atoms with Crippen LogP contribution in [0.4, 0.5) is 5.82 Å². The Hall–Kier alpha value is -1.39. The van der Waals surface area contributed by atoms with E-state index in [1.54, 1.807) is 11.3 Å².